The highest BCUT2D eigenvalue weighted by atomic mass is 35.5. The number of nitrogens with zero attached hydrogens (tertiary/aromatic N) is 3. The highest BCUT2D eigenvalue weighted by molar-refractivity contribution is 6.33. The second-order valence-corrected chi connectivity index (χ2v) is 7.87. The molecule has 0 bridgehead atoms. The zero-order valence-corrected chi connectivity index (χ0v) is 18.9. The first-order chi connectivity index (χ1) is 15.3. The van der Waals surface area contributed by atoms with Gasteiger partial charge in [-0.1, -0.05) is 41.9 Å². The largest absolute Gasteiger partial charge is 0.324 e. The van der Waals surface area contributed by atoms with Gasteiger partial charge in [0.2, 0.25) is 11.8 Å². The summed E-state index contributed by atoms with van der Waals surface area (Å²) in [5.41, 5.74) is 3.45. The summed E-state index contributed by atoms with van der Waals surface area (Å²) < 4.78 is 1.86. The first-order valence-corrected chi connectivity index (χ1v) is 10.4. The fourth-order valence-corrected chi connectivity index (χ4v) is 3.61. The van der Waals surface area contributed by atoms with Crippen molar-refractivity contribution in [2.75, 3.05) is 30.8 Å². The number of halogens is 1. The molecule has 0 aliphatic rings. The zero-order chi connectivity index (χ0) is 23.3. The second kappa shape index (κ2) is 10.1. The van der Waals surface area contributed by atoms with Gasteiger partial charge < -0.3 is 10.6 Å². The third kappa shape index (κ3) is 5.17. The normalized spacial score (nSPS) is 10.6. The Hall–Kier alpha value is -3.60. The molecule has 0 saturated heterocycles. The van der Waals surface area contributed by atoms with E-state index in [4.69, 9.17) is 11.6 Å². The minimum absolute atomic E-state index is 0.00149. The predicted molar refractivity (Wildman–Crippen MR) is 126 cm³/mol. The number of rotatable bonds is 7. The van der Waals surface area contributed by atoms with Crippen LogP contribution >= 0.6 is 11.6 Å². The van der Waals surface area contributed by atoms with E-state index < -0.39 is 0 Å². The predicted octanol–water partition coefficient (Wildman–Crippen LogP) is 4.13. The smallest absolute Gasteiger partial charge is 0.239 e. The average Bonchev–Trinajstić information content (AvgIpc) is 2.99. The number of carbonyl (C=O) groups is 2. The SMILES string of the molecule is Cc1c(C#N)c(NC(=O)CN(C)CC(=O)Nc2ccccc2Cl)n(-c2ccccc2)c1C. The molecule has 1 aromatic heterocycles. The van der Waals surface area contributed by atoms with Gasteiger partial charge in [0.05, 0.1) is 29.4 Å². The lowest BCUT2D eigenvalue weighted by atomic mass is 10.2. The van der Waals surface area contributed by atoms with Crippen molar-refractivity contribution in [3.63, 3.8) is 0 Å². The maximum absolute atomic E-state index is 12.8. The Morgan fingerprint density at radius 2 is 1.59 bits per heavy atom. The van der Waals surface area contributed by atoms with E-state index in [1.165, 1.54) is 0 Å². The number of benzene rings is 2. The van der Waals surface area contributed by atoms with Gasteiger partial charge in [-0.3, -0.25) is 19.1 Å². The Labute approximate surface area is 192 Å². The van der Waals surface area contributed by atoms with Gasteiger partial charge in [0.15, 0.2) is 0 Å². The van der Waals surface area contributed by atoms with Gasteiger partial charge >= 0.3 is 0 Å². The van der Waals surface area contributed by atoms with Crippen LogP contribution in [-0.2, 0) is 9.59 Å². The number of hydrogen-bond donors (Lipinski definition) is 2. The van der Waals surface area contributed by atoms with E-state index in [1.807, 2.05) is 48.7 Å². The van der Waals surface area contributed by atoms with Gasteiger partial charge in [-0.25, -0.2) is 0 Å². The van der Waals surface area contributed by atoms with Crippen LogP contribution < -0.4 is 10.6 Å². The molecule has 2 amide bonds. The Morgan fingerprint density at radius 1 is 1.00 bits per heavy atom. The summed E-state index contributed by atoms with van der Waals surface area (Å²) >= 11 is 6.07. The van der Waals surface area contributed by atoms with E-state index >= 15 is 0 Å². The van der Waals surface area contributed by atoms with Gasteiger partial charge in [-0.15, -0.1) is 0 Å². The fraction of sp³-hybridized carbons (Fsp3) is 0.208. The third-order valence-corrected chi connectivity index (χ3v) is 5.40. The van der Waals surface area contributed by atoms with Crippen LogP contribution in [0, 0.1) is 25.2 Å². The molecular weight excluding hydrogens is 426 g/mol. The van der Waals surface area contributed by atoms with E-state index in [1.54, 1.807) is 36.2 Å². The molecule has 0 aliphatic carbocycles. The summed E-state index contributed by atoms with van der Waals surface area (Å²) in [6, 6.07) is 18.7. The number of nitrogens with one attached hydrogen (secondary N) is 2. The van der Waals surface area contributed by atoms with Crippen molar-refractivity contribution in [2.45, 2.75) is 13.8 Å². The second-order valence-electron chi connectivity index (χ2n) is 7.47. The fourth-order valence-electron chi connectivity index (χ4n) is 3.43. The Balaban J connectivity index is 1.71. The minimum atomic E-state index is -0.329. The summed E-state index contributed by atoms with van der Waals surface area (Å²) in [5, 5.41) is 15.7. The summed E-state index contributed by atoms with van der Waals surface area (Å²) in [4.78, 5) is 26.7. The molecule has 7 nitrogen and oxygen atoms in total. The molecular formula is C24H24ClN5O2. The van der Waals surface area contributed by atoms with Gasteiger partial charge in [0.25, 0.3) is 0 Å². The van der Waals surface area contributed by atoms with Crippen LogP contribution in [-0.4, -0.2) is 41.4 Å². The summed E-state index contributed by atoms with van der Waals surface area (Å²) in [6.07, 6.45) is 0. The highest BCUT2D eigenvalue weighted by Crippen LogP contribution is 2.29. The lowest BCUT2D eigenvalue weighted by Crippen LogP contribution is -2.36. The molecule has 2 N–H and O–H groups in total. The summed E-state index contributed by atoms with van der Waals surface area (Å²) in [6.45, 7) is 3.73. The molecule has 0 fully saturated rings. The van der Waals surface area contributed by atoms with E-state index in [2.05, 4.69) is 16.7 Å². The molecule has 0 saturated carbocycles. The molecule has 164 valence electrons. The highest BCUT2D eigenvalue weighted by Gasteiger charge is 2.21. The van der Waals surface area contributed by atoms with E-state index in [-0.39, 0.29) is 24.9 Å². The van der Waals surface area contributed by atoms with Crippen LogP contribution in [0.5, 0.6) is 0 Å². The first-order valence-electron chi connectivity index (χ1n) is 10.0. The number of nitriles is 1. The molecule has 0 radical (unpaired) electrons. The van der Waals surface area contributed by atoms with Crippen LogP contribution in [0.1, 0.15) is 16.8 Å². The van der Waals surface area contributed by atoms with Crippen molar-refractivity contribution in [3.05, 3.63) is 76.4 Å². The average molecular weight is 450 g/mol. The summed E-state index contributed by atoms with van der Waals surface area (Å²) in [7, 11) is 1.67. The number of anilines is 2. The third-order valence-electron chi connectivity index (χ3n) is 5.07. The molecule has 8 heteroatoms. The molecule has 1 heterocycles. The van der Waals surface area contributed by atoms with Crippen molar-refractivity contribution >= 4 is 34.9 Å². The van der Waals surface area contributed by atoms with Crippen LogP contribution in [0.2, 0.25) is 5.02 Å². The molecule has 2 aromatic carbocycles. The molecule has 0 spiro atoms. The number of hydrogen-bond acceptors (Lipinski definition) is 4. The molecule has 0 atom stereocenters. The van der Waals surface area contributed by atoms with Crippen LogP contribution in [0.3, 0.4) is 0 Å². The number of amides is 2. The van der Waals surface area contributed by atoms with Crippen molar-refractivity contribution in [1.82, 2.24) is 9.47 Å². The van der Waals surface area contributed by atoms with Gasteiger partial charge in [0, 0.05) is 11.4 Å². The zero-order valence-electron chi connectivity index (χ0n) is 18.1. The Morgan fingerprint density at radius 3 is 2.22 bits per heavy atom. The van der Waals surface area contributed by atoms with Crippen LogP contribution in [0.4, 0.5) is 11.5 Å². The van der Waals surface area contributed by atoms with Crippen molar-refractivity contribution < 1.29 is 9.59 Å². The lowest BCUT2D eigenvalue weighted by molar-refractivity contribution is -0.119. The number of carbonyl (C=O) groups excluding carboxylic acids is 2. The Bertz CT molecular complexity index is 1180. The molecule has 0 aliphatic heterocycles. The maximum atomic E-state index is 12.8. The molecule has 0 unspecified atom stereocenters. The molecule has 3 aromatic rings. The standard InChI is InChI=1S/C24H24ClN5O2/c1-16-17(2)30(18-9-5-4-6-10-18)24(19(16)13-26)28-23(32)15-29(3)14-22(31)27-21-12-8-7-11-20(21)25/h4-12H,14-15H2,1-3H3,(H,27,31)(H,28,32). The van der Waals surface area contributed by atoms with Crippen molar-refractivity contribution in [2.24, 2.45) is 0 Å². The van der Waals surface area contributed by atoms with Gasteiger partial charge in [-0.2, -0.15) is 5.26 Å². The summed E-state index contributed by atoms with van der Waals surface area (Å²) in [5.74, 6) is -0.192. The van der Waals surface area contributed by atoms with Crippen LogP contribution in [0.15, 0.2) is 54.6 Å². The number of likely N-dealkylation sites (N-methyl/N-ethyl adjacent to an activating group) is 1. The van der Waals surface area contributed by atoms with E-state index in [9.17, 15) is 14.9 Å². The number of para-hydroxylation sites is 2. The topological polar surface area (TPSA) is 90.2 Å². The Kier molecular flexibility index (Phi) is 7.31. The van der Waals surface area contributed by atoms with E-state index in [0.717, 1.165) is 16.9 Å². The monoisotopic (exact) mass is 449 g/mol. The molecule has 3 rings (SSSR count). The van der Waals surface area contributed by atoms with Gasteiger partial charge in [-0.05, 0) is 50.7 Å². The van der Waals surface area contributed by atoms with E-state index in [0.29, 0.717) is 22.1 Å². The minimum Gasteiger partial charge on any atom is -0.324 e. The van der Waals surface area contributed by atoms with Gasteiger partial charge in [0.1, 0.15) is 11.9 Å². The maximum Gasteiger partial charge on any atom is 0.239 e. The lowest BCUT2D eigenvalue weighted by Gasteiger charge is -2.18. The number of aromatic nitrogens is 1. The van der Waals surface area contributed by atoms with Crippen molar-refractivity contribution in [3.8, 4) is 11.8 Å². The van der Waals surface area contributed by atoms with Crippen LogP contribution in [0.25, 0.3) is 5.69 Å². The quantitative estimate of drug-likeness (QED) is 0.567. The van der Waals surface area contributed by atoms with Crippen molar-refractivity contribution in [1.29, 1.82) is 5.26 Å². The first kappa shape index (κ1) is 23.1. The molecule has 32 heavy (non-hydrogen) atoms.